The minimum Gasteiger partial charge on any atom is -0.493 e. The molecule has 4 heteroatoms. The average molecular weight is 285 g/mol. The summed E-state index contributed by atoms with van der Waals surface area (Å²) in [6.45, 7) is 4.62. The number of oxime groups is 1. The first kappa shape index (κ1) is 14.9. The van der Waals surface area contributed by atoms with Crippen LogP contribution < -0.4 is 9.47 Å². The highest BCUT2D eigenvalue weighted by Crippen LogP contribution is 2.28. The molecular formula is C17H19NO3. The van der Waals surface area contributed by atoms with Crippen LogP contribution in [0.4, 0.5) is 0 Å². The van der Waals surface area contributed by atoms with Crippen molar-refractivity contribution in [3.8, 4) is 11.5 Å². The number of rotatable bonds is 5. The standard InChI is InChI=1S/C17H19NO3/c1-12-6-13(2)8-15(7-12)11-21-16-5-4-14(10-18-19)9-17(16)20-3/h4-10,19H,11H2,1-3H3/b18-10-. The first-order chi connectivity index (χ1) is 10.1. The molecule has 0 heterocycles. The Kier molecular flexibility index (Phi) is 4.82. The van der Waals surface area contributed by atoms with E-state index in [0.29, 0.717) is 18.1 Å². The van der Waals surface area contributed by atoms with Crippen LogP contribution in [0.3, 0.4) is 0 Å². The van der Waals surface area contributed by atoms with Gasteiger partial charge in [-0.15, -0.1) is 0 Å². The summed E-state index contributed by atoms with van der Waals surface area (Å²) < 4.78 is 11.1. The summed E-state index contributed by atoms with van der Waals surface area (Å²) in [5.74, 6) is 1.27. The molecule has 4 nitrogen and oxygen atoms in total. The third-order valence-electron chi connectivity index (χ3n) is 3.07. The van der Waals surface area contributed by atoms with E-state index in [1.807, 2.05) is 0 Å². The Hall–Kier alpha value is -2.49. The van der Waals surface area contributed by atoms with E-state index in [1.165, 1.54) is 17.3 Å². The van der Waals surface area contributed by atoms with Crippen molar-refractivity contribution in [1.82, 2.24) is 0 Å². The van der Waals surface area contributed by atoms with Crippen molar-refractivity contribution in [1.29, 1.82) is 0 Å². The van der Waals surface area contributed by atoms with Crippen LogP contribution >= 0.6 is 0 Å². The third-order valence-corrected chi connectivity index (χ3v) is 3.07. The first-order valence-corrected chi connectivity index (χ1v) is 6.68. The van der Waals surface area contributed by atoms with E-state index in [0.717, 1.165) is 11.1 Å². The summed E-state index contributed by atoms with van der Waals surface area (Å²) in [5, 5.41) is 11.6. The Morgan fingerprint density at radius 2 is 1.76 bits per heavy atom. The van der Waals surface area contributed by atoms with Crippen molar-refractivity contribution >= 4 is 6.21 Å². The van der Waals surface area contributed by atoms with E-state index < -0.39 is 0 Å². The fraction of sp³-hybridized carbons (Fsp3) is 0.235. The zero-order valence-corrected chi connectivity index (χ0v) is 12.5. The molecule has 110 valence electrons. The van der Waals surface area contributed by atoms with Gasteiger partial charge in [0.05, 0.1) is 13.3 Å². The average Bonchev–Trinajstić information content (AvgIpc) is 2.45. The van der Waals surface area contributed by atoms with Crippen molar-refractivity contribution in [3.05, 3.63) is 58.7 Å². The number of aryl methyl sites for hydroxylation is 2. The number of hydrogen-bond acceptors (Lipinski definition) is 4. The van der Waals surface area contributed by atoms with Gasteiger partial charge in [0.2, 0.25) is 0 Å². The van der Waals surface area contributed by atoms with Gasteiger partial charge in [-0.05, 0) is 37.6 Å². The van der Waals surface area contributed by atoms with Crippen molar-refractivity contribution in [2.45, 2.75) is 20.5 Å². The van der Waals surface area contributed by atoms with Gasteiger partial charge in [-0.1, -0.05) is 34.5 Å². The molecule has 0 aliphatic heterocycles. The van der Waals surface area contributed by atoms with Crippen molar-refractivity contribution in [2.75, 3.05) is 7.11 Å². The second kappa shape index (κ2) is 6.79. The molecule has 2 rings (SSSR count). The molecule has 0 unspecified atom stereocenters. The molecule has 2 aromatic carbocycles. The van der Waals surface area contributed by atoms with Gasteiger partial charge in [0.25, 0.3) is 0 Å². The Morgan fingerprint density at radius 3 is 2.38 bits per heavy atom. The second-order valence-electron chi connectivity index (χ2n) is 4.94. The van der Waals surface area contributed by atoms with Crippen LogP contribution in [-0.4, -0.2) is 18.5 Å². The summed E-state index contributed by atoms with van der Waals surface area (Å²) in [4.78, 5) is 0. The summed E-state index contributed by atoms with van der Waals surface area (Å²) in [7, 11) is 1.58. The third kappa shape index (κ3) is 3.99. The molecule has 0 amide bonds. The lowest BCUT2D eigenvalue weighted by atomic mass is 10.1. The van der Waals surface area contributed by atoms with E-state index in [2.05, 4.69) is 37.2 Å². The number of benzene rings is 2. The summed E-state index contributed by atoms with van der Waals surface area (Å²) in [6, 6.07) is 11.7. The fourth-order valence-corrected chi connectivity index (χ4v) is 2.26. The summed E-state index contributed by atoms with van der Waals surface area (Å²) in [6.07, 6.45) is 1.34. The predicted molar refractivity (Wildman–Crippen MR) is 82.6 cm³/mol. The van der Waals surface area contributed by atoms with E-state index in [9.17, 15) is 0 Å². The molecule has 0 spiro atoms. The molecule has 0 atom stereocenters. The number of ether oxygens (including phenoxy) is 2. The maximum Gasteiger partial charge on any atom is 0.161 e. The van der Waals surface area contributed by atoms with Gasteiger partial charge in [-0.3, -0.25) is 0 Å². The van der Waals surface area contributed by atoms with Gasteiger partial charge in [-0.2, -0.15) is 0 Å². The number of methoxy groups -OCH3 is 1. The van der Waals surface area contributed by atoms with Gasteiger partial charge in [0.1, 0.15) is 6.61 Å². The summed E-state index contributed by atoms with van der Waals surface area (Å²) in [5.41, 5.74) is 4.30. The highest BCUT2D eigenvalue weighted by molar-refractivity contribution is 5.80. The van der Waals surface area contributed by atoms with Crippen molar-refractivity contribution in [2.24, 2.45) is 5.16 Å². The van der Waals surface area contributed by atoms with Gasteiger partial charge in [0, 0.05) is 5.56 Å². The van der Waals surface area contributed by atoms with E-state index in [4.69, 9.17) is 14.7 Å². The van der Waals surface area contributed by atoms with Crippen molar-refractivity contribution in [3.63, 3.8) is 0 Å². The zero-order chi connectivity index (χ0) is 15.2. The predicted octanol–water partition coefficient (Wildman–Crippen LogP) is 3.70. The molecule has 0 saturated heterocycles. The van der Waals surface area contributed by atoms with Gasteiger partial charge in [-0.25, -0.2) is 0 Å². The highest BCUT2D eigenvalue weighted by atomic mass is 16.5. The van der Waals surface area contributed by atoms with Crippen LogP contribution in [0.2, 0.25) is 0 Å². The lowest BCUT2D eigenvalue weighted by molar-refractivity contribution is 0.284. The highest BCUT2D eigenvalue weighted by Gasteiger charge is 2.06. The normalized spacial score (nSPS) is 10.8. The van der Waals surface area contributed by atoms with Crippen molar-refractivity contribution < 1.29 is 14.7 Å². The molecule has 0 fully saturated rings. The Morgan fingerprint density at radius 1 is 1.05 bits per heavy atom. The maximum absolute atomic E-state index is 8.55. The minimum absolute atomic E-state index is 0.478. The molecule has 0 aliphatic rings. The van der Waals surface area contributed by atoms with Crippen LogP contribution in [-0.2, 0) is 6.61 Å². The maximum atomic E-state index is 8.55. The zero-order valence-electron chi connectivity index (χ0n) is 12.5. The smallest absolute Gasteiger partial charge is 0.161 e. The lowest BCUT2D eigenvalue weighted by Crippen LogP contribution is -1.99. The van der Waals surface area contributed by atoms with E-state index in [1.54, 1.807) is 25.3 Å². The number of hydrogen-bond donors (Lipinski definition) is 1. The quantitative estimate of drug-likeness (QED) is 0.518. The van der Waals surface area contributed by atoms with Gasteiger partial charge >= 0.3 is 0 Å². The minimum atomic E-state index is 0.478. The second-order valence-corrected chi connectivity index (χ2v) is 4.94. The van der Waals surface area contributed by atoms with Gasteiger partial charge < -0.3 is 14.7 Å². The van der Waals surface area contributed by atoms with Crippen LogP contribution in [0.1, 0.15) is 22.3 Å². The topological polar surface area (TPSA) is 51.0 Å². The Labute approximate surface area is 124 Å². The van der Waals surface area contributed by atoms with Crippen LogP contribution in [0, 0.1) is 13.8 Å². The molecule has 0 aromatic heterocycles. The van der Waals surface area contributed by atoms with Crippen LogP contribution in [0.5, 0.6) is 11.5 Å². The first-order valence-electron chi connectivity index (χ1n) is 6.68. The largest absolute Gasteiger partial charge is 0.493 e. The summed E-state index contributed by atoms with van der Waals surface area (Å²) >= 11 is 0. The molecule has 0 aliphatic carbocycles. The lowest BCUT2D eigenvalue weighted by Gasteiger charge is -2.12. The SMILES string of the molecule is COc1cc(/C=N\O)ccc1OCc1cc(C)cc(C)c1. The molecule has 2 aromatic rings. The fourth-order valence-electron chi connectivity index (χ4n) is 2.26. The Balaban J connectivity index is 2.15. The molecule has 0 radical (unpaired) electrons. The Bertz CT molecular complexity index is 630. The molecular weight excluding hydrogens is 266 g/mol. The van der Waals surface area contributed by atoms with Gasteiger partial charge in [0.15, 0.2) is 11.5 Å². The van der Waals surface area contributed by atoms with Crippen LogP contribution in [0.15, 0.2) is 41.6 Å². The van der Waals surface area contributed by atoms with E-state index in [-0.39, 0.29) is 0 Å². The van der Waals surface area contributed by atoms with E-state index >= 15 is 0 Å². The molecule has 0 saturated carbocycles. The molecule has 0 bridgehead atoms. The number of nitrogens with zero attached hydrogens (tertiary/aromatic N) is 1. The molecule has 1 N–H and O–H groups in total. The monoisotopic (exact) mass is 285 g/mol. The molecule has 21 heavy (non-hydrogen) atoms. The van der Waals surface area contributed by atoms with Crippen LogP contribution in [0.25, 0.3) is 0 Å².